The zero-order chi connectivity index (χ0) is 21.7. The van der Waals surface area contributed by atoms with E-state index in [2.05, 4.69) is 10.3 Å². The Morgan fingerprint density at radius 3 is 2.55 bits per heavy atom. The molecule has 8 heteroatoms. The summed E-state index contributed by atoms with van der Waals surface area (Å²) >= 11 is 1.55. The van der Waals surface area contributed by atoms with Crippen LogP contribution in [-0.4, -0.2) is 36.7 Å². The lowest BCUT2D eigenvalue weighted by molar-refractivity contribution is -0.116. The largest absolute Gasteiger partial charge is 0.326 e. The summed E-state index contributed by atoms with van der Waals surface area (Å²) in [6.45, 7) is 1.18. The maximum Gasteiger partial charge on any atom is 0.243 e. The molecule has 0 spiro atoms. The molecule has 0 bridgehead atoms. The second-order valence-corrected chi connectivity index (χ2v) is 10.4. The van der Waals surface area contributed by atoms with E-state index in [-0.39, 0.29) is 5.91 Å². The van der Waals surface area contributed by atoms with Crippen LogP contribution in [0.3, 0.4) is 0 Å². The minimum atomic E-state index is -3.42. The highest BCUT2D eigenvalue weighted by Gasteiger charge is 2.25. The Morgan fingerprint density at radius 1 is 1.06 bits per heavy atom. The molecule has 1 aliphatic rings. The van der Waals surface area contributed by atoms with Crippen molar-refractivity contribution >= 4 is 33.0 Å². The molecular weight excluding hydrogens is 430 g/mol. The third-order valence-corrected chi connectivity index (χ3v) is 8.08. The average Bonchev–Trinajstić information content (AvgIpc) is 3.34. The van der Waals surface area contributed by atoms with E-state index in [0.717, 1.165) is 41.1 Å². The van der Waals surface area contributed by atoms with Crippen LogP contribution in [0.1, 0.15) is 31.2 Å². The van der Waals surface area contributed by atoms with Crippen LogP contribution in [0.25, 0.3) is 10.6 Å². The normalized spacial score (nSPS) is 15.0. The minimum absolute atomic E-state index is 0.0821. The molecule has 2 aromatic carbocycles. The van der Waals surface area contributed by atoms with Crippen molar-refractivity contribution in [3.63, 3.8) is 0 Å². The summed E-state index contributed by atoms with van der Waals surface area (Å²) in [6, 6.07) is 14.5. The van der Waals surface area contributed by atoms with Gasteiger partial charge in [-0.1, -0.05) is 30.7 Å². The molecule has 31 heavy (non-hydrogen) atoms. The molecule has 0 aliphatic carbocycles. The zero-order valence-corrected chi connectivity index (χ0v) is 18.8. The van der Waals surface area contributed by atoms with E-state index in [0.29, 0.717) is 30.8 Å². The Hall–Kier alpha value is -2.55. The topological polar surface area (TPSA) is 79.4 Å². The van der Waals surface area contributed by atoms with Gasteiger partial charge >= 0.3 is 0 Å². The maximum atomic E-state index is 12.7. The Morgan fingerprint density at radius 2 is 1.84 bits per heavy atom. The summed E-state index contributed by atoms with van der Waals surface area (Å²) in [7, 11) is -3.42. The third kappa shape index (κ3) is 5.39. The highest BCUT2D eigenvalue weighted by molar-refractivity contribution is 7.89. The number of carbonyl (C=O) groups is 1. The first-order valence-corrected chi connectivity index (χ1v) is 12.7. The molecule has 162 valence electrons. The van der Waals surface area contributed by atoms with Gasteiger partial charge < -0.3 is 5.32 Å². The Labute approximate surface area is 187 Å². The number of thiazole rings is 1. The number of amides is 1. The summed E-state index contributed by atoms with van der Waals surface area (Å²) in [5.74, 6) is -0.0821. The first kappa shape index (κ1) is 21.7. The van der Waals surface area contributed by atoms with Crippen LogP contribution >= 0.6 is 11.3 Å². The number of aromatic nitrogens is 1. The molecule has 4 rings (SSSR count). The SMILES string of the molecule is O=C(CCc1ccc(S(=O)(=O)N2CCCCC2)cc1)Nc1cccc(-c2nccs2)c1. The highest BCUT2D eigenvalue weighted by Crippen LogP contribution is 2.25. The summed E-state index contributed by atoms with van der Waals surface area (Å²) in [5.41, 5.74) is 2.64. The molecule has 1 aromatic heterocycles. The number of piperidine rings is 1. The van der Waals surface area contributed by atoms with Crippen LogP contribution in [0.4, 0.5) is 5.69 Å². The lowest BCUT2D eigenvalue weighted by Gasteiger charge is -2.25. The number of hydrogen-bond acceptors (Lipinski definition) is 5. The van der Waals surface area contributed by atoms with Crippen molar-refractivity contribution in [2.24, 2.45) is 0 Å². The van der Waals surface area contributed by atoms with Crippen molar-refractivity contribution in [3.8, 4) is 10.6 Å². The number of nitrogens with one attached hydrogen (secondary N) is 1. The molecule has 0 atom stereocenters. The van der Waals surface area contributed by atoms with Gasteiger partial charge in [-0.2, -0.15) is 4.31 Å². The fourth-order valence-electron chi connectivity index (χ4n) is 3.66. The fourth-order valence-corrected chi connectivity index (χ4v) is 5.81. The molecular formula is C23H25N3O3S2. The van der Waals surface area contributed by atoms with Crippen LogP contribution in [0.5, 0.6) is 0 Å². The van der Waals surface area contributed by atoms with Crippen LogP contribution in [0, 0.1) is 0 Å². The molecule has 0 saturated carbocycles. The van der Waals surface area contributed by atoms with Crippen molar-refractivity contribution in [1.29, 1.82) is 0 Å². The summed E-state index contributed by atoms with van der Waals surface area (Å²) in [4.78, 5) is 17.0. The number of hydrogen-bond donors (Lipinski definition) is 1. The van der Waals surface area contributed by atoms with Crippen LogP contribution in [0.15, 0.2) is 65.0 Å². The highest BCUT2D eigenvalue weighted by atomic mass is 32.2. The second kappa shape index (κ2) is 9.72. The van der Waals surface area contributed by atoms with E-state index in [1.54, 1.807) is 46.1 Å². The molecule has 2 heterocycles. The summed E-state index contributed by atoms with van der Waals surface area (Å²) < 4.78 is 27.0. The number of carbonyl (C=O) groups excluding carboxylic acids is 1. The van der Waals surface area contributed by atoms with Crippen molar-refractivity contribution in [1.82, 2.24) is 9.29 Å². The molecule has 1 N–H and O–H groups in total. The van der Waals surface area contributed by atoms with Gasteiger partial charge in [0.2, 0.25) is 15.9 Å². The van der Waals surface area contributed by atoms with Gasteiger partial charge in [0, 0.05) is 42.3 Å². The number of rotatable bonds is 7. The molecule has 1 saturated heterocycles. The number of anilines is 1. The van der Waals surface area contributed by atoms with Crippen molar-refractivity contribution in [2.75, 3.05) is 18.4 Å². The van der Waals surface area contributed by atoms with E-state index in [1.807, 2.05) is 29.6 Å². The predicted octanol–water partition coefficient (Wildman–Crippen LogP) is 4.56. The molecule has 1 fully saturated rings. The Bertz CT molecular complexity index is 1120. The van der Waals surface area contributed by atoms with Gasteiger partial charge in [0.25, 0.3) is 0 Å². The monoisotopic (exact) mass is 455 g/mol. The first-order chi connectivity index (χ1) is 15.0. The second-order valence-electron chi connectivity index (χ2n) is 7.57. The van der Waals surface area contributed by atoms with Gasteiger partial charge in [0.1, 0.15) is 5.01 Å². The molecule has 6 nitrogen and oxygen atoms in total. The summed E-state index contributed by atoms with van der Waals surface area (Å²) in [6.07, 6.45) is 5.54. The first-order valence-electron chi connectivity index (χ1n) is 10.4. The maximum absolute atomic E-state index is 12.7. The number of aryl methyl sites for hydroxylation is 1. The molecule has 0 unspecified atom stereocenters. The van der Waals surface area contributed by atoms with Crippen molar-refractivity contribution in [2.45, 2.75) is 37.0 Å². The molecule has 1 amide bonds. The van der Waals surface area contributed by atoms with Gasteiger partial charge in [0.15, 0.2) is 0 Å². The van der Waals surface area contributed by atoms with Crippen LogP contribution in [0.2, 0.25) is 0 Å². The lowest BCUT2D eigenvalue weighted by Crippen LogP contribution is -2.35. The number of nitrogens with zero attached hydrogens (tertiary/aromatic N) is 2. The Balaban J connectivity index is 1.33. The standard InChI is InChI=1S/C23H25N3O3S2/c27-22(25-20-6-4-5-19(17-20)23-24-13-16-30-23)12-9-18-7-10-21(11-8-18)31(28,29)26-14-2-1-3-15-26/h4-8,10-11,13,16-17H,1-3,9,12,14-15H2,(H,25,27). The minimum Gasteiger partial charge on any atom is -0.326 e. The van der Waals surface area contributed by atoms with Gasteiger partial charge in [-0.25, -0.2) is 13.4 Å². The zero-order valence-electron chi connectivity index (χ0n) is 17.2. The Kier molecular flexibility index (Phi) is 6.80. The lowest BCUT2D eigenvalue weighted by atomic mass is 10.1. The van der Waals surface area contributed by atoms with E-state index < -0.39 is 10.0 Å². The molecule has 3 aromatic rings. The van der Waals surface area contributed by atoms with Gasteiger partial charge in [-0.05, 0) is 49.1 Å². The predicted molar refractivity (Wildman–Crippen MR) is 124 cm³/mol. The smallest absolute Gasteiger partial charge is 0.243 e. The van der Waals surface area contributed by atoms with Crippen molar-refractivity contribution in [3.05, 3.63) is 65.7 Å². The third-order valence-electron chi connectivity index (χ3n) is 5.34. The van der Waals surface area contributed by atoms with E-state index >= 15 is 0 Å². The van der Waals surface area contributed by atoms with Crippen LogP contribution < -0.4 is 5.32 Å². The van der Waals surface area contributed by atoms with Crippen molar-refractivity contribution < 1.29 is 13.2 Å². The molecule has 0 radical (unpaired) electrons. The average molecular weight is 456 g/mol. The number of sulfonamides is 1. The molecule has 1 aliphatic heterocycles. The van der Waals surface area contributed by atoms with Gasteiger partial charge in [-0.15, -0.1) is 11.3 Å². The van der Waals surface area contributed by atoms with Crippen LogP contribution in [-0.2, 0) is 21.2 Å². The van der Waals surface area contributed by atoms with E-state index in [9.17, 15) is 13.2 Å². The number of benzene rings is 2. The van der Waals surface area contributed by atoms with E-state index in [1.165, 1.54) is 0 Å². The quantitative estimate of drug-likeness (QED) is 0.567. The van der Waals surface area contributed by atoms with Gasteiger partial charge in [-0.3, -0.25) is 4.79 Å². The van der Waals surface area contributed by atoms with Gasteiger partial charge in [0.05, 0.1) is 4.90 Å². The summed E-state index contributed by atoms with van der Waals surface area (Å²) in [5, 5.41) is 5.76. The fraction of sp³-hybridized carbons (Fsp3) is 0.304. The van der Waals surface area contributed by atoms with E-state index in [4.69, 9.17) is 0 Å².